The number of hydrogen-bond donors (Lipinski definition) is 3. The molecule has 0 aromatic heterocycles. The molecule has 0 radical (unpaired) electrons. The van der Waals surface area contributed by atoms with Crippen LogP contribution in [0, 0.1) is 10.1 Å². The van der Waals surface area contributed by atoms with Crippen LogP contribution < -0.4 is 10.5 Å². The molecule has 0 heterocycles. The fraction of sp³-hybridized carbons (Fsp3) is 0.300. The van der Waals surface area contributed by atoms with Crippen molar-refractivity contribution in [3.63, 3.8) is 0 Å². The summed E-state index contributed by atoms with van der Waals surface area (Å²) < 4.78 is 5.28. The summed E-state index contributed by atoms with van der Waals surface area (Å²) in [6.07, 6.45) is 0.409. The third-order valence-corrected chi connectivity index (χ3v) is 2.12. The Bertz CT molecular complexity index is 461. The monoisotopic (exact) mass is 255 g/mol. The number of ether oxygens (including phenoxy) is 1. The van der Waals surface area contributed by atoms with Crippen molar-refractivity contribution in [1.82, 2.24) is 0 Å². The number of hydrogen-bond acceptors (Lipinski definition) is 6. The third kappa shape index (κ3) is 3.32. The van der Waals surface area contributed by atoms with Crippen LogP contribution in [0.3, 0.4) is 0 Å². The SMILES string of the molecule is N/C(=N/O)c1cc([N+](=O)[O-])ccc1OCCCO. The van der Waals surface area contributed by atoms with E-state index in [0.717, 1.165) is 6.07 Å². The van der Waals surface area contributed by atoms with Gasteiger partial charge in [0.15, 0.2) is 5.84 Å². The molecule has 4 N–H and O–H groups in total. The Hall–Kier alpha value is -2.35. The van der Waals surface area contributed by atoms with Crippen molar-refractivity contribution in [2.45, 2.75) is 6.42 Å². The highest BCUT2D eigenvalue weighted by Gasteiger charge is 2.14. The van der Waals surface area contributed by atoms with Crippen molar-refractivity contribution >= 4 is 11.5 Å². The second-order valence-corrected chi connectivity index (χ2v) is 3.35. The average molecular weight is 255 g/mol. The predicted molar refractivity (Wildman–Crippen MR) is 62.8 cm³/mol. The van der Waals surface area contributed by atoms with Gasteiger partial charge in [-0.1, -0.05) is 5.16 Å². The maximum Gasteiger partial charge on any atom is 0.270 e. The first-order valence-electron chi connectivity index (χ1n) is 5.10. The summed E-state index contributed by atoms with van der Waals surface area (Å²) in [6.45, 7) is 0.186. The number of aliphatic hydroxyl groups is 1. The molecule has 0 saturated carbocycles. The van der Waals surface area contributed by atoms with E-state index >= 15 is 0 Å². The number of benzene rings is 1. The normalized spacial score (nSPS) is 11.3. The number of nitrogens with zero attached hydrogens (tertiary/aromatic N) is 2. The Balaban J connectivity index is 3.05. The highest BCUT2D eigenvalue weighted by atomic mass is 16.6. The quantitative estimate of drug-likeness (QED) is 0.169. The minimum absolute atomic E-state index is 0.0358. The zero-order chi connectivity index (χ0) is 13.5. The van der Waals surface area contributed by atoms with Gasteiger partial charge in [0.2, 0.25) is 0 Å². The van der Waals surface area contributed by atoms with Crippen molar-refractivity contribution in [3.8, 4) is 5.75 Å². The van der Waals surface area contributed by atoms with Gasteiger partial charge in [-0.15, -0.1) is 0 Å². The number of amidine groups is 1. The number of oxime groups is 1. The smallest absolute Gasteiger partial charge is 0.270 e. The summed E-state index contributed by atoms with van der Waals surface area (Å²) >= 11 is 0. The highest BCUT2D eigenvalue weighted by molar-refractivity contribution is 6.00. The van der Waals surface area contributed by atoms with Crippen molar-refractivity contribution in [3.05, 3.63) is 33.9 Å². The van der Waals surface area contributed by atoms with E-state index in [1.54, 1.807) is 0 Å². The summed E-state index contributed by atoms with van der Waals surface area (Å²) in [5, 5.41) is 30.7. The maximum atomic E-state index is 10.6. The lowest BCUT2D eigenvalue weighted by Gasteiger charge is -2.09. The van der Waals surface area contributed by atoms with Gasteiger partial charge in [-0.2, -0.15) is 0 Å². The van der Waals surface area contributed by atoms with Crippen LogP contribution in [-0.4, -0.2) is 34.3 Å². The van der Waals surface area contributed by atoms with Crippen molar-refractivity contribution < 1.29 is 20.0 Å². The average Bonchev–Trinajstić information content (AvgIpc) is 2.38. The van der Waals surface area contributed by atoms with Crippen LogP contribution in [0.4, 0.5) is 5.69 Å². The van der Waals surface area contributed by atoms with E-state index in [9.17, 15) is 10.1 Å². The molecule has 98 valence electrons. The number of non-ortho nitro benzene ring substituents is 1. The summed E-state index contributed by atoms with van der Waals surface area (Å²) in [5.74, 6) is -0.0259. The van der Waals surface area contributed by atoms with Crippen molar-refractivity contribution in [2.75, 3.05) is 13.2 Å². The topological polar surface area (TPSA) is 131 Å². The number of nitrogens with two attached hydrogens (primary N) is 1. The van der Waals surface area contributed by atoms with Crippen molar-refractivity contribution in [1.29, 1.82) is 0 Å². The lowest BCUT2D eigenvalue weighted by atomic mass is 10.1. The molecule has 8 heteroatoms. The van der Waals surface area contributed by atoms with E-state index in [1.165, 1.54) is 12.1 Å². The minimum Gasteiger partial charge on any atom is -0.493 e. The number of rotatable bonds is 6. The van der Waals surface area contributed by atoms with Gasteiger partial charge in [-0.25, -0.2) is 0 Å². The standard InChI is InChI=1S/C10H13N3O5/c11-10(12-15)8-6-7(13(16)17)2-3-9(8)18-5-1-4-14/h2-3,6,14-15H,1,4-5H2,(H2,11,12). The summed E-state index contributed by atoms with van der Waals surface area (Å²) in [5.41, 5.74) is 5.36. The Morgan fingerprint density at radius 1 is 1.56 bits per heavy atom. The molecule has 0 saturated heterocycles. The molecule has 1 rings (SSSR count). The van der Waals surface area contributed by atoms with Crippen LogP contribution >= 0.6 is 0 Å². The van der Waals surface area contributed by atoms with Gasteiger partial charge in [0.1, 0.15) is 5.75 Å². The zero-order valence-corrected chi connectivity index (χ0v) is 9.44. The Morgan fingerprint density at radius 3 is 2.83 bits per heavy atom. The van der Waals surface area contributed by atoms with E-state index in [0.29, 0.717) is 6.42 Å². The fourth-order valence-corrected chi connectivity index (χ4v) is 1.26. The second-order valence-electron chi connectivity index (χ2n) is 3.35. The minimum atomic E-state index is -0.592. The molecule has 8 nitrogen and oxygen atoms in total. The highest BCUT2D eigenvalue weighted by Crippen LogP contribution is 2.24. The summed E-state index contributed by atoms with van der Waals surface area (Å²) in [6, 6.07) is 3.77. The van der Waals surface area contributed by atoms with Gasteiger partial charge >= 0.3 is 0 Å². The van der Waals surface area contributed by atoms with Gasteiger partial charge < -0.3 is 20.8 Å². The largest absolute Gasteiger partial charge is 0.493 e. The summed E-state index contributed by atoms with van der Waals surface area (Å²) in [7, 11) is 0. The Labute approximate surface area is 102 Å². The number of aliphatic hydroxyl groups excluding tert-OH is 1. The Morgan fingerprint density at radius 2 is 2.28 bits per heavy atom. The lowest BCUT2D eigenvalue weighted by Crippen LogP contribution is -2.15. The van der Waals surface area contributed by atoms with E-state index in [2.05, 4.69) is 5.16 Å². The zero-order valence-electron chi connectivity index (χ0n) is 9.44. The van der Waals surface area contributed by atoms with Crippen LogP contribution in [0.25, 0.3) is 0 Å². The third-order valence-electron chi connectivity index (χ3n) is 2.12. The van der Waals surface area contributed by atoms with Gasteiger partial charge in [0.25, 0.3) is 5.69 Å². The van der Waals surface area contributed by atoms with Crippen LogP contribution in [0.5, 0.6) is 5.75 Å². The molecule has 18 heavy (non-hydrogen) atoms. The molecule has 0 aliphatic heterocycles. The van der Waals surface area contributed by atoms with E-state index in [-0.39, 0.29) is 36.0 Å². The number of nitro benzene ring substituents is 1. The second kappa shape index (κ2) is 6.40. The van der Waals surface area contributed by atoms with E-state index < -0.39 is 4.92 Å². The molecule has 1 aromatic carbocycles. The molecule has 0 unspecified atom stereocenters. The lowest BCUT2D eigenvalue weighted by molar-refractivity contribution is -0.384. The van der Waals surface area contributed by atoms with Gasteiger partial charge in [-0.05, 0) is 6.07 Å². The molecule has 0 aliphatic carbocycles. The van der Waals surface area contributed by atoms with Gasteiger partial charge in [0.05, 0.1) is 17.1 Å². The molecular weight excluding hydrogens is 242 g/mol. The predicted octanol–water partition coefficient (Wildman–Crippen LogP) is 0.450. The van der Waals surface area contributed by atoms with Crippen molar-refractivity contribution in [2.24, 2.45) is 10.9 Å². The van der Waals surface area contributed by atoms with Gasteiger partial charge in [-0.3, -0.25) is 10.1 Å². The van der Waals surface area contributed by atoms with Crippen LogP contribution in [-0.2, 0) is 0 Å². The first-order chi connectivity index (χ1) is 8.60. The van der Waals surface area contributed by atoms with Crippen LogP contribution in [0.2, 0.25) is 0 Å². The molecule has 0 spiro atoms. The maximum absolute atomic E-state index is 10.6. The molecular formula is C10H13N3O5. The number of nitro groups is 1. The molecule has 1 aromatic rings. The first-order valence-corrected chi connectivity index (χ1v) is 5.10. The molecule has 0 fully saturated rings. The van der Waals surface area contributed by atoms with E-state index in [4.69, 9.17) is 20.8 Å². The molecule has 0 bridgehead atoms. The molecule has 0 amide bonds. The summed E-state index contributed by atoms with van der Waals surface area (Å²) in [4.78, 5) is 10.0. The van der Waals surface area contributed by atoms with E-state index in [1.807, 2.05) is 0 Å². The Kier molecular flexibility index (Phi) is 4.88. The first kappa shape index (κ1) is 13.7. The fourth-order valence-electron chi connectivity index (χ4n) is 1.26. The van der Waals surface area contributed by atoms with Gasteiger partial charge in [0, 0.05) is 25.2 Å². The molecule has 0 aliphatic rings. The molecule has 0 atom stereocenters. The van der Waals surface area contributed by atoms with Crippen LogP contribution in [0.15, 0.2) is 23.4 Å². The van der Waals surface area contributed by atoms with Crippen LogP contribution in [0.1, 0.15) is 12.0 Å².